The van der Waals surface area contributed by atoms with E-state index in [9.17, 15) is 14.7 Å². The maximum Gasteiger partial charge on any atom is 0.256 e. The topological polar surface area (TPSA) is 69.6 Å². The van der Waals surface area contributed by atoms with Crippen LogP contribution in [0.15, 0.2) is 21.1 Å². The van der Waals surface area contributed by atoms with Crippen molar-refractivity contribution in [2.24, 2.45) is 0 Å². The molecule has 7 heteroatoms. The minimum absolute atomic E-state index is 0.195. The van der Waals surface area contributed by atoms with Crippen LogP contribution in [0, 0.1) is 0 Å². The molecule has 2 aliphatic heterocycles. The van der Waals surface area contributed by atoms with Gasteiger partial charge in [-0.2, -0.15) is 0 Å². The molecule has 0 spiro atoms. The number of aliphatic hydroxyl groups excluding tert-OH is 1. The summed E-state index contributed by atoms with van der Waals surface area (Å²) in [6, 6.07) is 2.86. The molecule has 5 nitrogen and oxygen atoms in total. The first-order chi connectivity index (χ1) is 8.97. The summed E-state index contributed by atoms with van der Waals surface area (Å²) in [7, 11) is 0. The lowest BCUT2D eigenvalue weighted by Gasteiger charge is -2.19. The van der Waals surface area contributed by atoms with E-state index in [1.54, 1.807) is 12.1 Å². The summed E-state index contributed by atoms with van der Waals surface area (Å²) in [5.41, 5.74) is 0.910. The van der Waals surface area contributed by atoms with E-state index in [4.69, 9.17) is 0 Å². The second-order valence-electron chi connectivity index (χ2n) is 4.66. The molecular formula is C12H10Br2N2O3. The Kier molecular flexibility index (Phi) is 3.15. The fourth-order valence-electron chi connectivity index (χ4n) is 2.52. The molecule has 2 N–H and O–H groups in total. The van der Waals surface area contributed by atoms with Gasteiger partial charge in [0.1, 0.15) is 6.04 Å². The molecule has 2 aliphatic rings. The summed E-state index contributed by atoms with van der Waals surface area (Å²) >= 11 is 6.68. The van der Waals surface area contributed by atoms with Crippen LogP contribution in [-0.2, 0) is 4.79 Å². The Balaban J connectivity index is 2.14. The van der Waals surface area contributed by atoms with E-state index in [1.807, 2.05) is 0 Å². The summed E-state index contributed by atoms with van der Waals surface area (Å²) in [5.74, 6) is -0.497. The van der Waals surface area contributed by atoms with Crippen LogP contribution in [0.4, 0.5) is 5.69 Å². The van der Waals surface area contributed by atoms with Crippen LogP contribution < -0.4 is 5.32 Å². The fraction of sp³-hybridized carbons (Fsp3) is 0.333. The third-order valence-corrected chi connectivity index (χ3v) is 4.46. The van der Waals surface area contributed by atoms with Crippen LogP contribution in [0.1, 0.15) is 16.8 Å². The van der Waals surface area contributed by atoms with Crippen LogP contribution in [0.5, 0.6) is 0 Å². The van der Waals surface area contributed by atoms with Gasteiger partial charge in [0.25, 0.3) is 5.91 Å². The molecule has 0 aromatic heterocycles. The average molecular weight is 390 g/mol. The fourth-order valence-corrected chi connectivity index (χ4v) is 3.84. The van der Waals surface area contributed by atoms with Gasteiger partial charge in [-0.05, 0) is 28.1 Å². The Morgan fingerprint density at radius 1 is 1.32 bits per heavy atom. The molecule has 0 radical (unpaired) electrons. The number of fused-ring (bicyclic) bond motifs is 2. The summed E-state index contributed by atoms with van der Waals surface area (Å²) in [6.07, 6.45) is -0.360. The Morgan fingerprint density at radius 2 is 2.05 bits per heavy atom. The number of carbonyl (C=O) groups is 2. The highest BCUT2D eigenvalue weighted by Gasteiger charge is 2.42. The minimum atomic E-state index is -0.642. The van der Waals surface area contributed by atoms with Crippen molar-refractivity contribution < 1.29 is 14.7 Å². The van der Waals surface area contributed by atoms with Crippen LogP contribution in [0.2, 0.25) is 0 Å². The summed E-state index contributed by atoms with van der Waals surface area (Å²) < 4.78 is 1.40. The first-order valence-electron chi connectivity index (χ1n) is 5.76. The second kappa shape index (κ2) is 4.57. The van der Waals surface area contributed by atoms with Gasteiger partial charge in [0.15, 0.2) is 0 Å². The Hall–Kier alpha value is -0.920. The molecule has 1 aromatic rings. The second-order valence-corrected chi connectivity index (χ2v) is 6.43. The predicted octanol–water partition coefficient (Wildman–Crippen LogP) is 1.74. The van der Waals surface area contributed by atoms with E-state index in [2.05, 4.69) is 37.2 Å². The van der Waals surface area contributed by atoms with Crippen molar-refractivity contribution in [1.29, 1.82) is 0 Å². The molecule has 0 saturated carbocycles. The number of halogens is 2. The number of amides is 2. The number of rotatable bonds is 0. The van der Waals surface area contributed by atoms with Gasteiger partial charge in [-0.3, -0.25) is 9.59 Å². The van der Waals surface area contributed by atoms with E-state index in [0.29, 0.717) is 15.7 Å². The lowest BCUT2D eigenvalue weighted by molar-refractivity contribution is -0.119. The van der Waals surface area contributed by atoms with Crippen LogP contribution in [0.3, 0.4) is 0 Å². The van der Waals surface area contributed by atoms with E-state index < -0.39 is 12.1 Å². The highest BCUT2D eigenvalue weighted by atomic mass is 79.9. The maximum atomic E-state index is 12.5. The molecule has 1 aromatic carbocycles. The SMILES string of the molecule is O=C1Nc2c(Br)cc(Br)cc2C(=O)N2C[C@H](O)C[C@@H]12. The van der Waals surface area contributed by atoms with Gasteiger partial charge in [0.2, 0.25) is 5.91 Å². The number of anilines is 1. The molecule has 19 heavy (non-hydrogen) atoms. The van der Waals surface area contributed by atoms with Crippen molar-refractivity contribution in [3.05, 3.63) is 26.6 Å². The molecule has 100 valence electrons. The highest BCUT2D eigenvalue weighted by Crippen LogP contribution is 2.35. The smallest absolute Gasteiger partial charge is 0.256 e. The predicted molar refractivity (Wildman–Crippen MR) is 75.9 cm³/mol. The first-order valence-corrected chi connectivity index (χ1v) is 7.35. The number of hydrogen-bond donors (Lipinski definition) is 2. The molecule has 1 fully saturated rings. The average Bonchev–Trinajstić information content (AvgIpc) is 2.69. The lowest BCUT2D eigenvalue weighted by atomic mass is 10.1. The Morgan fingerprint density at radius 3 is 2.79 bits per heavy atom. The zero-order chi connectivity index (χ0) is 13.7. The third-order valence-electron chi connectivity index (χ3n) is 3.38. The van der Waals surface area contributed by atoms with E-state index in [-0.39, 0.29) is 24.8 Å². The Labute approximate surface area is 126 Å². The molecule has 1 saturated heterocycles. The molecule has 3 rings (SSSR count). The first kappa shape index (κ1) is 13.1. The van der Waals surface area contributed by atoms with Gasteiger partial charge in [0, 0.05) is 21.9 Å². The monoisotopic (exact) mass is 388 g/mol. The normalized spacial score (nSPS) is 25.7. The molecule has 2 atom stereocenters. The van der Waals surface area contributed by atoms with E-state index in [0.717, 1.165) is 4.47 Å². The van der Waals surface area contributed by atoms with Crippen LogP contribution in [0.25, 0.3) is 0 Å². The number of nitrogens with one attached hydrogen (secondary N) is 1. The number of benzene rings is 1. The Bertz CT molecular complexity index is 591. The third kappa shape index (κ3) is 2.09. The largest absolute Gasteiger partial charge is 0.391 e. The lowest BCUT2D eigenvalue weighted by Crippen LogP contribution is -2.40. The zero-order valence-electron chi connectivity index (χ0n) is 9.69. The van der Waals surface area contributed by atoms with Crippen LogP contribution >= 0.6 is 31.9 Å². The van der Waals surface area contributed by atoms with Gasteiger partial charge >= 0.3 is 0 Å². The molecule has 2 heterocycles. The van der Waals surface area contributed by atoms with Gasteiger partial charge in [-0.25, -0.2) is 0 Å². The standard InChI is InChI=1S/C12H10Br2N2O3/c13-5-1-7-10(8(14)2-5)15-11(18)9-3-6(17)4-16(9)12(7)19/h1-2,6,9,17H,3-4H2,(H,15,18)/t6-,9+/m1/s1. The number of carbonyl (C=O) groups excluding carboxylic acids is 2. The number of aliphatic hydroxyl groups is 1. The zero-order valence-corrected chi connectivity index (χ0v) is 12.9. The maximum absolute atomic E-state index is 12.5. The van der Waals surface area contributed by atoms with Crippen molar-refractivity contribution in [3.63, 3.8) is 0 Å². The number of hydrogen-bond acceptors (Lipinski definition) is 3. The van der Waals surface area contributed by atoms with E-state index in [1.165, 1.54) is 4.90 Å². The molecule has 2 amide bonds. The van der Waals surface area contributed by atoms with Gasteiger partial charge in [0.05, 0.1) is 17.4 Å². The summed E-state index contributed by atoms with van der Waals surface area (Å²) in [6.45, 7) is 0.195. The molecule has 0 bridgehead atoms. The summed E-state index contributed by atoms with van der Waals surface area (Å²) in [5, 5.41) is 12.4. The van der Waals surface area contributed by atoms with Crippen molar-refractivity contribution >= 4 is 49.4 Å². The highest BCUT2D eigenvalue weighted by molar-refractivity contribution is 9.11. The van der Waals surface area contributed by atoms with Crippen molar-refractivity contribution in [2.75, 3.05) is 11.9 Å². The molecule has 0 aliphatic carbocycles. The van der Waals surface area contributed by atoms with Crippen molar-refractivity contribution in [2.45, 2.75) is 18.6 Å². The van der Waals surface area contributed by atoms with Crippen molar-refractivity contribution in [1.82, 2.24) is 4.90 Å². The van der Waals surface area contributed by atoms with Gasteiger partial charge < -0.3 is 15.3 Å². The van der Waals surface area contributed by atoms with E-state index >= 15 is 0 Å². The minimum Gasteiger partial charge on any atom is -0.391 e. The van der Waals surface area contributed by atoms with Gasteiger partial charge in [-0.1, -0.05) is 15.9 Å². The summed E-state index contributed by atoms with van der Waals surface area (Å²) in [4.78, 5) is 26.1. The quantitative estimate of drug-likeness (QED) is 0.710. The van der Waals surface area contributed by atoms with Crippen LogP contribution in [-0.4, -0.2) is 40.5 Å². The van der Waals surface area contributed by atoms with Crippen molar-refractivity contribution in [3.8, 4) is 0 Å². The molecule has 0 unspecified atom stereocenters. The number of nitrogens with zero attached hydrogens (tertiary/aromatic N) is 1. The van der Waals surface area contributed by atoms with Gasteiger partial charge in [-0.15, -0.1) is 0 Å². The molecular weight excluding hydrogens is 380 g/mol.